The molecule has 12 rings (SSSR count). The van der Waals surface area contributed by atoms with Gasteiger partial charge in [-0.25, -0.2) is 9.55 Å². The fourth-order valence-electron chi connectivity index (χ4n) is 9.89. The predicted octanol–water partition coefficient (Wildman–Crippen LogP) is 15.9. The first kappa shape index (κ1) is 42.5. The number of pyridine rings is 1. The van der Waals surface area contributed by atoms with E-state index in [1.807, 2.05) is 6.20 Å². The third kappa shape index (κ3) is 7.42. The second-order valence-electron chi connectivity index (χ2n) is 17.0. The van der Waals surface area contributed by atoms with Crippen molar-refractivity contribution in [2.45, 2.75) is 13.8 Å². The summed E-state index contributed by atoms with van der Waals surface area (Å²) < 4.78 is 6.76. The van der Waals surface area contributed by atoms with Crippen molar-refractivity contribution in [2.24, 2.45) is 0 Å². The zero-order valence-corrected chi connectivity index (χ0v) is 39.8. The van der Waals surface area contributed by atoms with E-state index in [4.69, 9.17) is 4.98 Å². The van der Waals surface area contributed by atoms with Crippen molar-refractivity contribution >= 4 is 49.9 Å². The molecular formula is C62H44N5Pt-. The van der Waals surface area contributed by atoms with Gasteiger partial charge in [-0.05, 0) is 82.9 Å². The Kier molecular flexibility index (Phi) is 11.2. The molecule has 0 aliphatic carbocycles. The zero-order valence-electron chi connectivity index (χ0n) is 37.5. The molecule has 0 saturated heterocycles. The molecule has 0 radical (unpaired) electrons. The molecule has 12 aromatic rings. The van der Waals surface area contributed by atoms with Gasteiger partial charge >= 0.3 is 0 Å². The van der Waals surface area contributed by atoms with Crippen LogP contribution in [0.25, 0.3) is 83.4 Å². The summed E-state index contributed by atoms with van der Waals surface area (Å²) >= 11 is 0. The number of anilines is 3. The molecule has 3 aromatic heterocycles. The molecule has 0 aliphatic heterocycles. The van der Waals surface area contributed by atoms with E-state index in [0.717, 1.165) is 94.9 Å². The molecular weight excluding hydrogens is 1010 g/mol. The third-order valence-corrected chi connectivity index (χ3v) is 12.9. The van der Waals surface area contributed by atoms with E-state index in [-0.39, 0.29) is 21.1 Å². The molecule has 328 valence electrons. The van der Waals surface area contributed by atoms with E-state index >= 15 is 0 Å². The van der Waals surface area contributed by atoms with E-state index < -0.39 is 0 Å². The number of benzene rings is 9. The molecule has 0 unspecified atom stereocenters. The van der Waals surface area contributed by atoms with E-state index in [1.54, 1.807) is 0 Å². The van der Waals surface area contributed by atoms with Crippen LogP contribution in [-0.2, 0) is 21.1 Å². The van der Waals surface area contributed by atoms with Crippen molar-refractivity contribution in [3.8, 4) is 50.6 Å². The molecule has 0 aliphatic rings. The number of rotatable bonds is 9. The second-order valence-corrected chi connectivity index (χ2v) is 17.0. The molecule has 68 heavy (non-hydrogen) atoms. The molecule has 0 amide bonds. The molecule has 5 nitrogen and oxygen atoms in total. The number of hydrogen-bond acceptors (Lipinski definition) is 2. The van der Waals surface area contributed by atoms with Crippen LogP contribution in [0.1, 0.15) is 11.1 Å². The van der Waals surface area contributed by atoms with E-state index in [2.05, 4.69) is 269 Å². The maximum absolute atomic E-state index is 5.08. The van der Waals surface area contributed by atoms with Crippen LogP contribution in [0, 0.1) is 26.0 Å². The summed E-state index contributed by atoms with van der Waals surface area (Å²) in [5, 5.41) is 2.24. The number of nitrogens with zero attached hydrogens (tertiary/aromatic N) is 5. The smallest absolute Gasteiger partial charge is 0.168 e. The monoisotopic (exact) mass is 1050 g/mol. The minimum absolute atomic E-state index is 0. The van der Waals surface area contributed by atoms with Gasteiger partial charge in [0.1, 0.15) is 11.5 Å². The number of hydrogen-bond donors (Lipinski definition) is 0. The van der Waals surface area contributed by atoms with Crippen LogP contribution in [0.2, 0.25) is 0 Å². The summed E-state index contributed by atoms with van der Waals surface area (Å²) in [5.41, 5.74) is 18.2. The predicted molar refractivity (Wildman–Crippen MR) is 277 cm³/mol. The van der Waals surface area contributed by atoms with Gasteiger partial charge in [-0.1, -0.05) is 169 Å². The topological polar surface area (TPSA) is 30.9 Å². The van der Waals surface area contributed by atoms with Crippen molar-refractivity contribution in [1.82, 2.24) is 18.7 Å². The quantitative estimate of drug-likeness (QED) is 0.135. The van der Waals surface area contributed by atoms with Gasteiger partial charge in [0.2, 0.25) is 0 Å². The first-order chi connectivity index (χ1) is 33.1. The number of para-hydroxylation sites is 5. The van der Waals surface area contributed by atoms with Gasteiger partial charge in [-0.3, -0.25) is 0 Å². The van der Waals surface area contributed by atoms with Gasteiger partial charge < -0.3 is 9.47 Å². The van der Waals surface area contributed by atoms with E-state index in [1.165, 1.54) is 16.7 Å². The summed E-state index contributed by atoms with van der Waals surface area (Å²) in [6, 6.07) is 85.4. The molecule has 3 heterocycles. The van der Waals surface area contributed by atoms with E-state index in [9.17, 15) is 0 Å². The molecule has 0 atom stereocenters. The molecule has 0 fully saturated rings. The third-order valence-electron chi connectivity index (χ3n) is 12.9. The van der Waals surface area contributed by atoms with Crippen LogP contribution in [0.3, 0.4) is 0 Å². The van der Waals surface area contributed by atoms with Crippen molar-refractivity contribution in [3.05, 3.63) is 254 Å². The Labute approximate surface area is 410 Å². The first-order valence-electron chi connectivity index (χ1n) is 22.7. The summed E-state index contributed by atoms with van der Waals surface area (Å²) in [6.45, 7) is 4.36. The zero-order chi connectivity index (χ0) is 44.8. The average Bonchev–Trinajstić information content (AvgIpc) is 3.94. The van der Waals surface area contributed by atoms with Crippen LogP contribution in [0.5, 0.6) is 0 Å². The van der Waals surface area contributed by atoms with E-state index in [0.29, 0.717) is 0 Å². The van der Waals surface area contributed by atoms with Gasteiger partial charge in [0.05, 0.1) is 5.69 Å². The maximum atomic E-state index is 5.08. The van der Waals surface area contributed by atoms with Gasteiger partial charge in [0.15, 0.2) is 17.4 Å². The van der Waals surface area contributed by atoms with Crippen molar-refractivity contribution in [1.29, 1.82) is 0 Å². The summed E-state index contributed by atoms with van der Waals surface area (Å²) in [6.07, 6.45) is 4.10. The van der Waals surface area contributed by atoms with Crippen molar-refractivity contribution in [2.75, 3.05) is 4.90 Å². The minimum Gasteiger partial charge on any atom is -0.357 e. The van der Waals surface area contributed by atoms with Gasteiger partial charge in [0, 0.05) is 61.7 Å². The van der Waals surface area contributed by atoms with Crippen LogP contribution in [0.15, 0.2) is 231 Å². The number of imidazole rings is 1. The van der Waals surface area contributed by atoms with Gasteiger partial charge in [0.25, 0.3) is 0 Å². The number of fused-ring (bicyclic) bond motifs is 4. The van der Waals surface area contributed by atoms with Crippen molar-refractivity contribution < 1.29 is 21.1 Å². The fraction of sp³-hybridized carbons (Fsp3) is 0.0323. The first-order valence-corrected chi connectivity index (χ1v) is 22.7. The summed E-state index contributed by atoms with van der Waals surface area (Å²) in [4.78, 5) is 7.43. The largest absolute Gasteiger partial charge is 0.357 e. The number of aromatic nitrogens is 4. The molecule has 6 heteroatoms. The number of aryl methyl sites for hydroxylation is 2. The Morgan fingerprint density at radius 3 is 1.74 bits per heavy atom. The molecule has 0 N–H and O–H groups in total. The van der Waals surface area contributed by atoms with Gasteiger partial charge in [-0.15, -0.1) is 29.7 Å². The van der Waals surface area contributed by atoms with Crippen molar-refractivity contribution in [3.63, 3.8) is 0 Å². The average molecular weight is 1050 g/mol. The van der Waals surface area contributed by atoms with Crippen LogP contribution >= 0.6 is 0 Å². The Bertz CT molecular complexity index is 3700. The minimum atomic E-state index is 0. The Morgan fingerprint density at radius 2 is 1.04 bits per heavy atom. The second kappa shape index (κ2) is 17.9. The van der Waals surface area contributed by atoms with Crippen LogP contribution in [-0.4, -0.2) is 18.7 Å². The van der Waals surface area contributed by atoms with Crippen LogP contribution < -0.4 is 4.90 Å². The standard InChI is InChI=1S/C62H44N5.Pt/c1-43-19-16-20-44(2)61(43)47-37-38-63-60(39-47)67-56-32-13-12-29-54(56)55-36-35-51(41-59(55)67)66(62-52(45-21-6-3-7-22-45)30-18-31-53(62)46-23-8-4-9-24-46)50-28-17-27-49(40-50)65-42-64(48-25-10-5-11-26-48)57-33-14-15-34-58(57)65;/h3-39,42H,1-2H3;/q-1;. The summed E-state index contributed by atoms with van der Waals surface area (Å²) in [5.74, 6) is 0.834. The summed E-state index contributed by atoms with van der Waals surface area (Å²) in [7, 11) is 0. The van der Waals surface area contributed by atoms with Gasteiger partial charge in [-0.2, -0.15) is 16.7 Å². The Balaban J connectivity index is 0.00000507. The molecule has 9 aromatic carbocycles. The Hall–Kier alpha value is -8.11. The maximum Gasteiger partial charge on any atom is 0.168 e. The molecule has 0 bridgehead atoms. The SMILES string of the molecule is Cc1cccc(C)c1-c1ccnc(-n2c3[c-]c(N(c4[c-]c(-n5[cH+]n(-c6ccccc6)c6ccccc65)ccc4)c4c(-c5ccccc5)cccc4-c4ccccc4)ccc3c3ccccc32)c1.[Pt]. The normalized spacial score (nSPS) is 11.3. The van der Waals surface area contributed by atoms with Crippen LogP contribution in [0.4, 0.5) is 17.1 Å². The molecule has 0 spiro atoms. The fourth-order valence-corrected chi connectivity index (χ4v) is 9.89. The molecule has 0 saturated carbocycles. The Morgan fingerprint density at radius 1 is 0.471 bits per heavy atom.